The molecule has 0 unspecified atom stereocenters. The SMILES string of the molecule is Cc1nc(O)cc(-c2ccccc2Cl)n1. The molecule has 1 heterocycles. The normalized spacial score (nSPS) is 10.3. The highest BCUT2D eigenvalue weighted by molar-refractivity contribution is 6.33. The summed E-state index contributed by atoms with van der Waals surface area (Å²) in [6, 6.07) is 8.85. The second-order valence-corrected chi connectivity index (χ2v) is 3.55. The highest BCUT2D eigenvalue weighted by Gasteiger charge is 2.06. The third-order valence-corrected chi connectivity index (χ3v) is 2.30. The van der Waals surface area contributed by atoms with E-state index in [1.165, 1.54) is 6.07 Å². The predicted molar refractivity (Wildman–Crippen MR) is 58.9 cm³/mol. The molecule has 0 aliphatic carbocycles. The largest absolute Gasteiger partial charge is 0.493 e. The van der Waals surface area contributed by atoms with Gasteiger partial charge < -0.3 is 5.11 Å². The summed E-state index contributed by atoms with van der Waals surface area (Å²) in [4.78, 5) is 8.00. The van der Waals surface area contributed by atoms with Crippen molar-refractivity contribution in [3.8, 4) is 17.1 Å². The number of hydrogen-bond acceptors (Lipinski definition) is 3. The van der Waals surface area contributed by atoms with Crippen molar-refractivity contribution in [2.45, 2.75) is 6.92 Å². The van der Waals surface area contributed by atoms with E-state index in [1.807, 2.05) is 18.2 Å². The van der Waals surface area contributed by atoms with Crippen molar-refractivity contribution in [2.75, 3.05) is 0 Å². The van der Waals surface area contributed by atoms with Gasteiger partial charge in [-0.15, -0.1) is 0 Å². The lowest BCUT2D eigenvalue weighted by Gasteiger charge is -2.04. The fourth-order valence-corrected chi connectivity index (χ4v) is 1.59. The Balaban J connectivity index is 2.59. The summed E-state index contributed by atoms with van der Waals surface area (Å²) < 4.78 is 0. The number of aromatic hydroxyl groups is 1. The summed E-state index contributed by atoms with van der Waals surface area (Å²) in [5.41, 5.74) is 1.42. The van der Waals surface area contributed by atoms with Crippen molar-refractivity contribution in [3.05, 3.63) is 41.2 Å². The van der Waals surface area contributed by atoms with E-state index in [9.17, 15) is 5.11 Å². The highest BCUT2D eigenvalue weighted by atomic mass is 35.5. The first-order chi connectivity index (χ1) is 7.16. The van der Waals surface area contributed by atoms with Gasteiger partial charge in [-0.3, -0.25) is 0 Å². The fraction of sp³-hybridized carbons (Fsp3) is 0.0909. The second kappa shape index (κ2) is 3.87. The van der Waals surface area contributed by atoms with Crippen LogP contribution < -0.4 is 0 Å². The molecule has 0 saturated carbocycles. The van der Waals surface area contributed by atoms with Crippen LogP contribution in [0.2, 0.25) is 5.02 Å². The van der Waals surface area contributed by atoms with Gasteiger partial charge in [-0.05, 0) is 13.0 Å². The van der Waals surface area contributed by atoms with E-state index >= 15 is 0 Å². The van der Waals surface area contributed by atoms with Crippen LogP contribution in [0.1, 0.15) is 5.82 Å². The molecule has 76 valence electrons. The zero-order chi connectivity index (χ0) is 10.8. The van der Waals surface area contributed by atoms with E-state index in [0.717, 1.165) is 5.56 Å². The van der Waals surface area contributed by atoms with E-state index < -0.39 is 0 Å². The lowest BCUT2D eigenvalue weighted by molar-refractivity contribution is 0.450. The molecule has 0 atom stereocenters. The first-order valence-electron chi connectivity index (χ1n) is 4.46. The number of nitrogens with zero attached hydrogens (tertiary/aromatic N) is 2. The van der Waals surface area contributed by atoms with Gasteiger partial charge in [0.15, 0.2) is 0 Å². The summed E-state index contributed by atoms with van der Waals surface area (Å²) in [7, 11) is 0. The molecular weight excluding hydrogens is 212 g/mol. The Morgan fingerprint density at radius 3 is 2.60 bits per heavy atom. The number of benzene rings is 1. The molecular formula is C11H9ClN2O. The molecule has 0 amide bonds. The molecule has 1 N–H and O–H groups in total. The molecule has 0 saturated heterocycles. The molecule has 0 spiro atoms. The van der Waals surface area contributed by atoms with Crippen LogP contribution in [0.5, 0.6) is 5.88 Å². The first kappa shape index (κ1) is 9.93. The van der Waals surface area contributed by atoms with Gasteiger partial charge in [-0.2, -0.15) is 4.98 Å². The minimum Gasteiger partial charge on any atom is -0.493 e. The molecule has 0 bridgehead atoms. The Morgan fingerprint density at radius 2 is 1.93 bits per heavy atom. The van der Waals surface area contributed by atoms with Gasteiger partial charge in [0.2, 0.25) is 5.88 Å². The van der Waals surface area contributed by atoms with Crippen LogP contribution in [0, 0.1) is 6.92 Å². The third-order valence-electron chi connectivity index (χ3n) is 1.97. The zero-order valence-electron chi connectivity index (χ0n) is 8.11. The van der Waals surface area contributed by atoms with Crippen LogP contribution in [-0.4, -0.2) is 15.1 Å². The third kappa shape index (κ3) is 2.07. The predicted octanol–water partition coefficient (Wildman–Crippen LogP) is 2.81. The average molecular weight is 221 g/mol. The van der Waals surface area contributed by atoms with Gasteiger partial charge in [0.1, 0.15) is 5.82 Å². The zero-order valence-corrected chi connectivity index (χ0v) is 8.86. The van der Waals surface area contributed by atoms with Gasteiger partial charge in [-0.1, -0.05) is 29.8 Å². The standard InChI is InChI=1S/C11H9ClN2O/c1-7-13-10(6-11(15)14-7)8-4-2-3-5-9(8)12/h2-6H,1H3,(H,13,14,15). The Bertz CT molecular complexity index is 479. The second-order valence-electron chi connectivity index (χ2n) is 3.14. The molecule has 0 aliphatic heterocycles. The number of aryl methyl sites for hydroxylation is 1. The molecule has 0 radical (unpaired) electrons. The average Bonchev–Trinajstić information content (AvgIpc) is 2.16. The van der Waals surface area contributed by atoms with Gasteiger partial charge in [-0.25, -0.2) is 4.98 Å². The molecule has 2 aromatic rings. The summed E-state index contributed by atoms with van der Waals surface area (Å²) in [5.74, 6) is 0.474. The lowest BCUT2D eigenvalue weighted by Crippen LogP contribution is -1.91. The van der Waals surface area contributed by atoms with E-state index in [1.54, 1.807) is 13.0 Å². The Hall–Kier alpha value is -1.61. The van der Waals surface area contributed by atoms with Crippen molar-refractivity contribution in [3.63, 3.8) is 0 Å². The van der Waals surface area contributed by atoms with E-state index in [2.05, 4.69) is 9.97 Å². The van der Waals surface area contributed by atoms with E-state index in [4.69, 9.17) is 11.6 Å². The maximum absolute atomic E-state index is 9.35. The smallest absolute Gasteiger partial charge is 0.214 e. The topological polar surface area (TPSA) is 46.0 Å². The molecule has 0 aliphatic rings. The number of hydrogen-bond donors (Lipinski definition) is 1. The van der Waals surface area contributed by atoms with Crippen LogP contribution in [-0.2, 0) is 0 Å². The summed E-state index contributed by atoms with van der Waals surface area (Å²) >= 11 is 6.02. The Kier molecular flexibility index (Phi) is 2.56. The highest BCUT2D eigenvalue weighted by Crippen LogP contribution is 2.27. The first-order valence-corrected chi connectivity index (χ1v) is 4.84. The number of rotatable bonds is 1. The molecule has 1 aromatic carbocycles. The van der Waals surface area contributed by atoms with Crippen molar-refractivity contribution < 1.29 is 5.11 Å². The maximum atomic E-state index is 9.35. The van der Waals surface area contributed by atoms with E-state index in [-0.39, 0.29) is 5.88 Å². The summed E-state index contributed by atoms with van der Waals surface area (Å²) in [6.07, 6.45) is 0. The van der Waals surface area contributed by atoms with Gasteiger partial charge in [0.25, 0.3) is 0 Å². The van der Waals surface area contributed by atoms with E-state index in [0.29, 0.717) is 16.5 Å². The van der Waals surface area contributed by atoms with Crippen LogP contribution in [0.25, 0.3) is 11.3 Å². The van der Waals surface area contributed by atoms with Crippen molar-refractivity contribution in [2.24, 2.45) is 0 Å². The molecule has 1 aromatic heterocycles. The van der Waals surface area contributed by atoms with Crippen LogP contribution >= 0.6 is 11.6 Å². The number of halogens is 1. The van der Waals surface area contributed by atoms with Crippen molar-refractivity contribution >= 4 is 11.6 Å². The van der Waals surface area contributed by atoms with Crippen LogP contribution in [0.4, 0.5) is 0 Å². The lowest BCUT2D eigenvalue weighted by atomic mass is 10.1. The summed E-state index contributed by atoms with van der Waals surface area (Å²) in [6.45, 7) is 1.72. The molecule has 0 fully saturated rings. The minimum absolute atomic E-state index is 0.0441. The van der Waals surface area contributed by atoms with Gasteiger partial charge in [0.05, 0.1) is 5.69 Å². The fourth-order valence-electron chi connectivity index (χ4n) is 1.36. The van der Waals surface area contributed by atoms with Crippen LogP contribution in [0.15, 0.2) is 30.3 Å². The van der Waals surface area contributed by atoms with Gasteiger partial charge in [0, 0.05) is 16.7 Å². The van der Waals surface area contributed by atoms with Gasteiger partial charge >= 0.3 is 0 Å². The summed E-state index contributed by atoms with van der Waals surface area (Å²) in [5, 5.41) is 9.96. The molecule has 3 nitrogen and oxygen atoms in total. The Morgan fingerprint density at radius 1 is 1.20 bits per heavy atom. The molecule has 15 heavy (non-hydrogen) atoms. The molecule has 4 heteroatoms. The maximum Gasteiger partial charge on any atom is 0.214 e. The minimum atomic E-state index is -0.0441. The van der Waals surface area contributed by atoms with Crippen molar-refractivity contribution in [1.82, 2.24) is 9.97 Å². The number of aromatic nitrogens is 2. The van der Waals surface area contributed by atoms with Crippen LogP contribution in [0.3, 0.4) is 0 Å². The van der Waals surface area contributed by atoms with Crippen molar-refractivity contribution in [1.29, 1.82) is 0 Å². The quantitative estimate of drug-likeness (QED) is 0.804. The molecule has 2 rings (SSSR count). The Labute approximate surface area is 92.4 Å². The monoisotopic (exact) mass is 220 g/mol.